The second-order valence-corrected chi connectivity index (χ2v) is 5.32. The lowest BCUT2D eigenvalue weighted by Crippen LogP contribution is -2.40. The quantitative estimate of drug-likeness (QED) is 0.799. The van der Waals surface area contributed by atoms with E-state index in [2.05, 4.69) is 27.5 Å². The highest BCUT2D eigenvalue weighted by molar-refractivity contribution is 7.07. The SMILES string of the molecule is CC(C(=O)NC(C)Cc1ccsc1)=C1CNC1. The number of hydrogen-bond donors (Lipinski definition) is 2. The van der Waals surface area contributed by atoms with Crippen LogP contribution in [0.2, 0.25) is 0 Å². The van der Waals surface area contributed by atoms with Crippen LogP contribution in [0.4, 0.5) is 0 Å². The summed E-state index contributed by atoms with van der Waals surface area (Å²) in [5.41, 5.74) is 3.39. The van der Waals surface area contributed by atoms with Gasteiger partial charge >= 0.3 is 0 Å². The Morgan fingerprint density at radius 3 is 2.88 bits per heavy atom. The second kappa shape index (κ2) is 5.47. The van der Waals surface area contributed by atoms with Crippen LogP contribution in [0.15, 0.2) is 28.0 Å². The van der Waals surface area contributed by atoms with Crippen molar-refractivity contribution >= 4 is 17.2 Å². The van der Waals surface area contributed by atoms with Crippen molar-refractivity contribution in [3.63, 3.8) is 0 Å². The van der Waals surface area contributed by atoms with Crippen molar-refractivity contribution in [2.45, 2.75) is 26.3 Å². The van der Waals surface area contributed by atoms with E-state index >= 15 is 0 Å². The van der Waals surface area contributed by atoms with Crippen molar-refractivity contribution in [2.75, 3.05) is 13.1 Å². The Labute approximate surface area is 106 Å². The van der Waals surface area contributed by atoms with E-state index in [4.69, 9.17) is 0 Å². The van der Waals surface area contributed by atoms with Crippen molar-refractivity contribution in [1.82, 2.24) is 10.6 Å². The molecule has 3 nitrogen and oxygen atoms in total. The first kappa shape index (κ1) is 12.3. The van der Waals surface area contributed by atoms with Crippen LogP contribution in [0.5, 0.6) is 0 Å². The molecular formula is C13H18N2OS. The molecule has 0 spiro atoms. The molecule has 1 fully saturated rings. The fourth-order valence-corrected chi connectivity index (χ4v) is 2.50. The number of rotatable bonds is 4. The maximum Gasteiger partial charge on any atom is 0.247 e. The van der Waals surface area contributed by atoms with Crippen LogP contribution in [0, 0.1) is 0 Å². The lowest BCUT2D eigenvalue weighted by atomic mass is 10.0. The summed E-state index contributed by atoms with van der Waals surface area (Å²) in [4.78, 5) is 11.9. The Morgan fingerprint density at radius 1 is 1.59 bits per heavy atom. The third-order valence-corrected chi connectivity index (χ3v) is 3.78. The lowest BCUT2D eigenvalue weighted by molar-refractivity contribution is -0.118. The largest absolute Gasteiger partial charge is 0.350 e. The average molecular weight is 250 g/mol. The molecule has 0 aliphatic carbocycles. The molecule has 17 heavy (non-hydrogen) atoms. The van der Waals surface area contributed by atoms with Gasteiger partial charge in [-0.15, -0.1) is 0 Å². The lowest BCUT2D eigenvalue weighted by Gasteiger charge is -2.22. The van der Waals surface area contributed by atoms with Crippen LogP contribution in [0.1, 0.15) is 19.4 Å². The predicted molar refractivity (Wildman–Crippen MR) is 71.2 cm³/mol. The van der Waals surface area contributed by atoms with Crippen molar-refractivity contribution in [2.24, 2.45) is 0 Å². The molecule has 2 N–H and O–H groups in total. The summed E-state index contributed by atoms with van der Waals surface area (Å²) in [6.07, 6.45) is 0.899. The molecule has 0 aromatic carbocycles. The molecule has 0 bridgehead atoms. The zero-order chi connectivity index (χ0) is 12.3. The van der Waals surface area contributed by atoms with Gasteiger partial charge in [-0.2, -0.15) is 11.3 Å². The molecule has 1 aromatic rings. The normalized spacial score (nSPS) is 16.2. The zero-order valence-electron chi connectivity index (χ0n) is 10.2. The van der Waals surface area contributed by atoms with E-state index in [0.717, 1.165) is 25.1 Å². The summed E-state index contributed by atoms with van der Waals surface area (Å²) in [5, 5.41) is 10.4. The van der Waals surface area contributed by atoms with Crippen molar-refractivity contribution < 1.29 is 4.79 Å². The highest BCUT2D eigenvalue weighted by Gasteiger charge is 2.17. The summed E-state index contributed by atoms with van der Waals surface area (Å²) in [6.45, 7) is 5.67. The molecular weight excluding hydrogens is 232 g/mol. The summed E-state index contributed by atoms with van der Waals surface area (Å²) in [5.74, 6) is 0.0734. The van der Waals surface area contributed by atoms with Crippen LogP contribution < -0.4 is 10.6 Å². The molecule has 1 aliphatic rings. The van der Waals surface area contributed by atoms with Gasteiger partial charge in [0, 0.05) is 24.7 Å². The van der Waals surface area contributed by atoms with Gasteiger partial charge in [0.2, 0.25) is 5.91 Å². The van der Waals surface area contributed by atoms with Gasteiger partial charge < -0.3 is 10.6 Å². The van der Waals surface area contributed by atoms with E-state index in [-0.39, 0.29) is 11.9 Å². The van der Waals surface area contributed by atoms with Gasteiger partial charge in [-0.05, 0) is 48.2 Å². The van der Waals surface area contributed by atoms with E-state index in [1.165, 1.54) is 11.1 Å². The van der Waals surface area contributed by atoms with Crippen molar-refractivity contribution in [1.29, 1.82) is 0 Å². The van der Waals surface area contributed by atoms with E-state index < -0.39 is 0 Å². The summed E-state index contributed by atoms with van der Waals surface area (Å²) < 4.78 is 0. The number of carbonyl (C=O) groups is 1. The third-order valence-electron chi connectivity index (χ3n) is 3.05. The number of carbonyl (C=O) groups excluding carboxylic acids is 1. The van der Waals surface area contributed by atoms with Gasteiger partial charge in [0.25, 0.3) is 0 Å². The molecule has 1 aromatic heterocycles. The molecule has 4 heteroatoms. The van der Waals surface area contributed by atoms with Gasteiger partial charge in [0.1, 0.15) is 0 Å². The minimum Gasteiger partial charge on any atom is -0.350 e. The second-order valence-electron chi connectivity index (χ2n) is 4.54. The Balaban J connectivity index is 1.86. The van der Waals surface area contributed by atoms with Crippen LogP contribution in [0.25, 0.3) is 0 Å². The monoisotopic (exact) mass is 250 g/mol. The highest BCUT2D eigenvalue weighted by atomic mass is 32.1. The first-order chi connectivity index (χ1) is 8.16. The average Bonchev–Trinajstić information content (AvgIpc) is 2.67. The van der Waals surface area contributed by atoms with E-state index in [9.17, 15) is 4.79 Å². The van der Waals surface area contributed by atoms with Crippen LogP contribution >= 0.6 is 11.3 Å². The minimum absolute atomic E-state index is 0.0734. The molecule has 92 valence electrons. The van der Waals surface area contributed by atoms with Gasteiger partial charge in [-0.1, -0.05) is 0 Å². The third kappa shape index (κ3) is 3.17. The molecule has 2 heterocycles. The standard InChI is InChI=1S/C13H18N2OS/c1-9(5-11-3-4-17-8-11)15-13(16)10(2)12-6-14-7-12/h3-4,8-9,14H,5-7H2,1-2H3,(H,15,16). The molecule has 1 saturated heterocycles. The molecule has 1 aliphatic heterocycles. The summed E-state index contributed by atoms with van der Waals surface area (Å²) in [6, 6.07) is 2.29. The van der Waals surface area contributed by atoms with Crippen LogP contribution in [-0.2, 0) is 11.2 Å². The van der Waals surface area contributed by atoms with Gasteiger partial charge in [0.15, 0.2) is 0 Å². The number of thiophene rings is 1. The minimum atomic E-state index is 0.0734. The van der Waals surface area contributed by atoms with E-state index in [0.29, 0.717) is 0 Å². The Hall–Kier alpha value is -1.13. The smallest absolute Gasteiger partial charge is 0.247 e. The number of amides is 1. The number of nitrogens with one attached hydrogen (secondary N) is 2. The predicted octanol–water partition coefficient (Wildman–Crippen LogP) is 1.72. The van der Waals surface area contributed by atoms with E-state index in [1.807, 2.05) is 13.8 Å². The van der Waals surface area contributed by atoms with E-state index in [1.54, 1.807) is 11.3 Å². The van der Waals surface area contributed by atoms with Gasteiger partial charge in [0.05, 0.1) is 0 Å². The highest BCUT2D eigenvalue weighted by Crippen LogP contribution is 2.11. The Morgan fingerprint density at radius 2 is 2.35 bits per heavy atom. The maximum atomic E-state index is 11.9. The van der Waals surface area contributed by atoms with Crippen LogP contribution in [-0.4, -0.2) is 25.0 Å². The Kier molecular flexibility index (Phi) is 3.97. The fraction of sp³-hybridized carbons (Fsp3) is 0.462. The maximum absolute atomic E-state index is 11.9. The Bertz CT molecular complexity index is 417. The topological polar surface area (TPSA) is 41.1 Å². The first-order valence-electron chi connectivity index (χ1n) is 5.88. The number of hydrogen-bond acceptors (Lipinski definition) is 3. The molecule has 1 atom stereocenters. The van der Waals surface area contributed by atoms with Crippen LogP contribution in [0.3, 0.4) is 0 Å². The molecule has 2 rings (SSSR count). The van der Waals surface area contributed by atoms with Crippen molar-refractivity contribution in [3.05, 3.63) is 33.5 Å². The van der Waals surface area contributed by atoms with Crippen molar-refractivity contribution in [3.8, 4) is 0 Å². The molecule has 1 unspecified atom stereocenters. The summed E-state index contributed by atoms with van der Waals surface area (Å²) >= 11 is 1.69. The molecule has 0 saturated carbocycles. The zero-order valence-corrected chi connectivity index (χ0v) is 11.1. The molecule has 0 radical (unpaired) electrons. The van der Waals surface area contributed by atoms with Gasteiger partial charge in [-0.3, -0.25) is 4.79 Å². The first-order valence-corrected chi connectivity index (χ1v) is 6.82. The summed E-state index contributed by atoms with van der Waals surface area (Å²) in [7, 11) is 0. The molecule has 1 amide bonds. The van der Waals surface area contributed by atoms with Gasteiger partial charge in [-0.25, -0.2) is 0 Å². The fourth-order valence-electron chi connectivity index (χ4n) is 1.82.